The van der Waals surface area contributed by atoms with Crippen molar-refractivity contribution >= 4 is 11.0 Å². The van der Waals surface area contributed by atoms with Gasteiger partial charge in [-0.1, -0.05) is 58.6 Å². The topological polar surface area (TPSA) is 39.9 Å². The van der Waals surface area contributed by atoms with Crippen LogP contribution in [0.3, 0.4) is 0 Å². The molecule has 3 rings (SSSR count). The molecule has 0 amide bonds. The molecule has 0 atom stereocenters. The number of aromatic nitrogens is 3. The number of rotatable bonds is 7. The lowest BCUT2D eigenvalue weighted by Gasteiger charge is -2.13. The van der Waals surface area contributed by atoms with Gasteiger partial charge in [-0.15, -0.1) is 0 Å². The lowest BCUT2D eigenvalue weighted by molar-refractivity contribution is 0.397. The number of aryl methyl sites for hydroxylation is 2. The lowest BCUT2D eigenvalue weighted by atomic mass is 10.0. The quantitative estimate of drug-likeness (QED) is 0.362. The van der Waals surface area contributed by atoms with Gasteiger partial charge in [-0.2, -0.15) is 0 Å². The van der Waals surface area contributed by atoms with Gasteiger partial charge in [0, 0.05) is 18.4 Å². The minimum atomic E-state index is 0.344. The highest BCUT2D eigenvalue weighted by molar-refractivity contribution is 5.85. The number of hydrogen-bond acceptors (Lipinski definition) is 3. The standard InChI is InChI=1S/C26H31N3O.C2H6/c1-8-10-11-20(9-2)16-29-15-19(6)25-23(29)14-18(5)24(28-25)21-12-13-22(17(3)4)27-26(21)30-7;1-2/h8-15,17H,1,16H2,2-7H3;1-2H3/b11-10-,20-9-;. The fraction of sp³-hybridized carbons (Fsp3) is 0.357. The number of nitrogens with zero attached hydrogens (tertiary/aromatic N) is 3. The first kappa shape index (κ1) is 25.1. The fourth-order valence-electron chi connectivity index (χ4n) is 3.62. The van der Waals surface area contributed by atoms with Gasteiger partial charge < -0.3 is 9.30 Å². The van der Waals surface area contributed by atoms with Gasteiger partial charge in [0.25, 0.3) is 0 Å². The first-order valence-electron chi connectivity index (χ1n) is 11.4. The van der Waals surface area contributed by atoms with Crippen LogP contribution in [0.1, 0.15) is 57.4 Å². The minimum Gasteiger partial charge on any atom is -0.480 e. The van der Waals surface area contributed by atoms with E-state index in [1.54, 1.807) is 13.2 Å². The number of methoxy groups -OCH3 is 1. The van der Waals surface area contributed by atoms with E-state index in [0.29, 0.717) is 11.8 Å². The average Bonchev–Trinajstić information content (AvgIpc) is 3.10. The summed E-state index contributed by atoms with van der Waals surface area (Å²) in [6.45, 7) is 19.1. The maximum Gasteiger partial charge on any atom is 0.222 e. The van der Waals surface area contributed by atoms with E-state index in [1.807, 2.05) is 19.9 Å². The average molecular weight is 432 g/mol. The summed E-state index contributed by atoms with van der Waals surface area (Å²) in [7, 11) is 1.67. The Morgan fingerprint density at radius 2 is 1.88 bits per heavy atom. The van der Waals surface area contributed by atoms with E-state index in [0.717, 1.165) is 45.7 Å². The summed E-state index contributed by atoms with van der Waals surface area (Å²) in [5.74, 6) is 0.968. The van der Waals surface area contributed by atoms with Gasteiger partial charge in [0.15, 0.2) is 0 Å². The zero-order valence-electron chi connectivity index (χ0n) is 20.9. The predicted octanol–water partition coefficient (Wildman–Crippen LogP) is 7.56. The highest BCUT2D eigenvalue weighted by Gasteiger charge is 2.17. The number of ether oxygens (including phenoxy) is 1. The van der Waals surface area contributed by atoms with Crippen LogP contribution in [-0.4, -0.2) is 21.6 Å². The first-order chi connectivity index (χ1) is 15.4. The molecule has 3 aromatic heterocycles. The van der Waals surface area contributed by atoms with Crippen molar-refractivity contribution in [2.75, 3.05) is 7.11 Å². The molecule has 0 saturated carbocycles. The largest absolute Gasteiger partial charge is 0.480 e. The Labute approximate surface area is 193 Å². The van der Waals surface area contributed by atoms with Crippen molar-refractivity contribution in [2.24, 2.45) is 0 Å². The Morgan fingerprint density at radius 3 is 2.47 bits per heavy atom. The van der Waals surface area contributed by atoms with E-state index in [2.05, 4.69) is 82.3 Å². The molecule has 4 nitrogen and oxygen atoms in total. The minimum absolute atomic E-state index is 0.344. The molecule has 0 bridgehead atoms. The second-order valence-electron chi connectivity index (χ2n) is 7.87. The highest BCUT2D eigenvalue weighted by atomic mass is 16.5. The van der Waals surface area contributed by atoms with Crippen molar-refractivity contribution in [2.45, 2.75) is 60.9 Å². The molecular formula is C28H37N3O. The van der Waals surface area contributed by atoms with E-state index in [-0.39, 0.29) is 0 Å². The van der Waals surface area contributed by atoms with Crippen molar-refractivity contribution in [1.29, 1.82) is 0 Å². The number of allylic oxidation sites excluding steroid dienone is 5. The molecule has 0 radical (unpaired) electrons. The molecule has 3 heterocycles. The van der Waals surface area contributed by atoms with Crippen LogP contribution in [0.5, 0.6) is 5.88 Å². The SMILES string of the molecule is C=C/C=C\C(=C\C)Cn1cc(C)c2nc(-c3ccc(C(C)C)nc3OC)c(C)cc21.CC. The van der Waals surface area contributed by atoms with Gasteiger partial charge in [-0.25, -0.2) is 9.97 Å². The smallest absolute Gasteiger partial charge is 0.222 e. The van der Waals surface area contributed by atoms with Gasteiger partial charge in [0.2, 0.25) is 5.88 Å². The zero-order valence-corrected chi connectivity index (χ0v) is 20.9. The molecule has 4 heteroatoms. The summed E-state index contributed by atoms with van der Waals surface area (Å²) >= 11 is 0. The maximum atomic E-state index is 5.62. The second kappa shape index (κ2) is 11.5. The second-order valence-corrected chi connectivity index (χ2v) is 7.87. The maximum absolute atomic E-state index is 5.62. The lowest BCUT2D eigenvalue weighted by Crippen LogP contribution is -2.01. The molecule has 0 saturated heterocycles. The summed E-state index contributed by atoms with van der Waals surface area (Å²) in [6, 6.07) is 6.35. The molecule has 3 aromatic rings. The van der Waals surface area contributed by atoms with Crippen LogP contribution in [0.2, 0.25) is 0 Å². The summed E-state index contributed by atoms with van der Waals surface area (Å²) in [6.07, 6.45) is 10.2. The van der Waals surface area contributed by atoms with Crippen LogP contribution in [0.4, 0.5) is 0 Å². The van der Waals surface area contributed by atoms with Crippen molar-refractivity contribution in [1.82, 2.24) is 14.5 Å². The fourth-order valence-corrected chi connectivity index (χ4v) is 3.62. The third kappa shape index (κ3) is 5.37. The van der Waals surface area contributed by atoms with Gasteiger partial charge in [-0.05, 0) is 61.6 Å². The molecule has 32 heavy (non-hydrogen) atoms. The molecule has 0 aliphatic rings. The molecule has 0 aliphatic heterocycles. The van der Waals surface area contributed by atoms with Gasteiger partial charge in [-0.3, -0.25) is 0 Å². The molecule has 0 unspecified atom stereocenters. The van der Waals surface area contributed by atoms with Gasteiger partial charge in [0.1, 0.15) is 0 Å². The third-order valence-electron chi connectivity index (χ3n) is 5.32. The van der Waals surface area contributed by atoms with E-state index in [1.165, 1.54) is 5.57 Å². The monoisotopic (exact) mass is 431 g/mol. The first-order valence-corrected chi connectivity index (χ1v) is 11.4. The van der Waals surface area contributed by atoms with Gasteiger partial charge >= 0.3 is 0 Å². The zero-order chi connectivity index (χ0) is 23.8. The molecule has 0 fully saturated rings. The van der Waals surface area contributed by atoms with Gasteiger partial charge in [0.05, 0.1) is 29.4 Å². The Balaban J connectivity index is 0.00000176. The summed E-state index contributed by atoms with van der Waals surface area (Å²) in [5.41, 5.74) is 8.48. The highest BCUT2D eigenvalue weighted by Crippen LogP contribution is 2.33. The Hall–Kier alpha value is -3.14. The molecule has 170 valence electrons. The summed E-state index contributed by atoms with van der Waals surface area (Å²) < 4.78 is 7.88. The van der Waals surface area contributed by atoms with Crippen molar-refractivity contribution in [3.05, 3.63) is 77.7 Å². The van der Waals surface area contributed by atoms with Crippen LogP contribution in [0.25, 0.3) is 22.3 Å². The summed E-state index contributed by atoms with van der Waals surface area (Å²) in [5, 5.41) is 0. The van der Waals surface area contributed by atoms with E-state index in [4.69, 9.17) is 14.7 Å². The van der Waals surface area contributed by atoms with E-state index < -0.39 is 0 Å². The Kier molecular flexibility index (Phi) is 9.01. The van der Waals surface area contributed by atoms with Crippen molar-refractivity contribution < 1.29 is 4.74 Å². The molecular weight excluding hydrogens is 394 g/mol. The molecule has 0 spiro atoms. The Bertz CT molecular complexity index is 1130. The predicted molar refractivity (Wildman–Crippen MR) is 138 cm³/mol. The van der Waals surface area contributed by atoms with Crippen LogP contribution in [0.15, 0.2) is 60.9 Å². The van der Waals surface area contributed by atoms with Crippen LogP contribution < -0.4 is 4.74 Å². The number of pyridine rings is 2. The van der Waals surface area contributed by atoms with Crippen LogP contribution >= 0.6 is 0 Å². The van der Waals surface area contributed by atoms with Crippen LogP contribution in [0, 0.1) is 13.8 Å². The molecule has 0 N–H and O–H groups in total. The number of fused-ring (bicyclic) bond motifs is 1. The third-order valence-corrected chi connectivity index (χ3v) is 5.32. The normalized spacial score (nSPS) is 11.7. The summed E-state index contributed by atoms with van der Waals surface area (Å²) in [4.78, 5) is 9.75. The Morgan fingerprint density at radius 1 is 1.16 bits per heavy atom. The van der Waals surface area contributed by atoms with E-state index in [9.17, 15) is 0 Å². The van der Waals surface area contributed by atoms with Crippen LogP contribution in [-0.2, 0) is 6.54 Å². The molecule has 0 aliphatic carbocycles. The van der Waals surface area contributed by atoms with E-state index >= 15 is 0 Å². The van der Waals surface area contributed by atoms with Crippen molar-refractivity contribution in [3.8, 4) is 17.1 Å². The van der Waals surface area contributed by atoms with Crippen molar-refractivity contribution in [3.63, 3.8) is 0 Å². The molecule has 0 aromatic carbocycles. The number of hydrogen-bond donors (Lipinski definition) is 0.